The number of halogens is 2. The Morgan fingerprint density at radius 2 is 2.24 bits per heavy atom. The van der Waals surface area contributed by atoms with Gasteiger partial charge in [-0.1, -0.05) is 11.6 Å². The number of anilines is 1. The van der Waals surface area contributed by atoms with Crippen molar-refractivity contribution in [3.05, 3.63) is 29.0 Å². The van der Waals surface area contributed by atoms with Gasteiger partial charge in [0.05, 0.1) is 18.8 Å². The standard InChI is InChI=1S/C14H20ClFN2O3/c1-14(5-6-19,9-21-2)17-8-13(20)18-12-7-10(15)3-4-11(12)16/h3-4,7,17,19H,5-6,8-9H2,1-2H3,(H,18,20). The maximum Gasteiger partial charge on any atom is 0.238 e. The van der Waals surface area contributed by atoms with Gasteiger partial charge in [0.2, 0.25) is 5.91 Å². The molecule has 0 fully saturated rings. The molecule has 0 radical (unpaired) electrons. The maximum absolute atomic E-state index is 13.5. The molecule has 7 heteroatoms. The zero-order valence-electron chi connectivity index (χ0n) is 12.1. The number of ether oxygens (including phenoxy) is 1. The molecule has 0 aliphatic heterocycles. The number of rotatable bonds is 8. The molecular formula is C14H20ClFN2O3. The summed E-state index contributed by atoms with van der Waals surface area (Å²) in [6, 6.07) is 3.94. The predicted octanol–water partition coefficient (Wildman–Crippen LogP) is 1.79. The van der Waals surface area contributed by atoms with E-state index in [1.54, 1.807) is 7.11 Å². The fourth-order valence-electron chi connectivity index (χ4n) is 1.86. The van der Waals surface area contributed by atoms with Crippen LogP contribution in [0.1, 0.15) is 13.3 Å². The van der Waals surface area contributed by atoms with Crippen molar-refractivity contribution in [1.29, 1.82) is 0 Å². The molecule has 0 aromatic heterocycles. The molecule has 0 saturated carbocycles. The Morgan fingerprint density at radius 1 is 1.52 bits per heavy atom. The fraction of sp³-hybridized carbons (Fsp3) is 0.500. The lowest BCUT2D eigenvalue weighted by Crippen LogP contribution is -2.49. The molecule has 21 heavy (non-hydrogen) atoms. The van der Waals surface area contributed by atoms with E-state index in [-0.39, 0.29) is 18.8 Å². The van der Waals surface area contributed by atoms with Crippen molar-refractivity contribution < 1.29 is 19.0 Å². The van der Waals surface area contributed by atoms with Crippen molar-refractivity contribution in [2.24, 2.45) is 0 Å². The third-order valence-electron chi connectivity index (χ3n) is 3.00. The van der Waals surface area contributed by atoms with Crippen molar-refractivity contribution in [1.82, 2.24) is 5.32 Å². The molecule has 0 aliphatic carbocycles. The van der Waals surface area contributed by atoms with Crippen molar-refractivity contribution in [3.63, 3.8) is 0 Å². The van der Waals surface area contributed by atoms with E-state index in [1.165, 1.54) is 18.2 Å². The molecule has 3 N–H and O–H groups in total. The number of carbonyl (C=O) groups is 1. The topological polar surface area (TPSA) is 70.6 Å². The highest BCUT2D eigenvalue weighted by molar-refractivity contribution is 6.30. The van der Waals surface area contributed by atoms with Crippen LogP contribution in [0.3, 0.4) is 0 Å². The molecule has 1 unspecified atom stereocenters. The normalized spacial score (nSPS) is 13.8. The first-order valence-electron chi connectivity index (χ1n) is 6.50. The van der Waals surface area contributed by atoms with Gasteiger partial charge in [-0.15, -0.1) is 0 Å². The molecule has 118 valence electrons. The molecule has 1 aromatic carbocycles. The first-order chi connectivity index (χ1) is 9.90. The highest BCUT2D eigenvalue weighted by Crippen LogP contribution is 2.19. The largest absolute Gasteiger partial charge is 0.396 e. The molecule has 5 nitrogen and oxygen atoms in total. The highest BCUT2D eigenvalue weighted by Gasteiger charge is 2.24. The molecule has 0 saturated heterocycles. The number of aliphatic hydroxyl groups is 1. The quantitative estimate of drug-likeness (QED) is 0.683. The SMILES string of the molecule is COCC(C)(CCO)NCC(=O)Nc1cc(Cl)ccc1F. The second-order valence-corrected chi connectivity index (χ2v) is 5.43. The van der Waals surface area contributed by atoms with Crippen LogP contribution in [0.2, 0.25) is 5.02 Å². The number of amides is 1. The van der Waals surface area contributed by atoms with Crippen LogP contribution >= 0.6 is 11.6 Å². The van der Waals surface area contributed by atoms with Crippen LogP contribution < -0.4 is 10.6 Å². The van der Waals surface area contributed by atoms with E-state index in [0.29, 0.717) is 18.1 Å². The van der Waals surface area contributed by atoms with E-state index in [0.717, 1.165) is 0 Å². The zero-order chi connectivity index (χ0) is 15.9. The Labute approximate surface area is 128 Å². The summed E-state index contributed by atoms with van der Waals surface area (Å²) >= 11 is 5.75. The number of carbonyl (C=O) groups excluding carboxylic acids is 1. The number of nitrogens with one attached hydrogen (secondary N) is 2. The lowest BCUT2D eigenvalue weighted by molar-refractivity contribution is -0.116. The summed E-state index contributed by atoms with van der Waals surface area (Å²) in [5.74, 6) is -0.959. The Hall–Kier alpha value is -1.21. The molecule has 1 aromatic rings. The van der Waals surface area contributed by atoms with Gasteiger partial charge in [0, 0.05) is 24.3 Å². The van der Waals surface area contributed by atoms with E-state index in [4.69, 9.17) is 21.4 Å². The summed E-state index contributed by atoms with van der Waals surface area (Å²) in [6.45, 7) is 2.11. The summed E-state index contributed by atoms with van der Waals surface area (Å²) in [5, 5.41) is 14.8. The second kappa shape index (κ2) is 8.29. The van der Waals surface area contributed by atoms with Crippen LogP contribution in [-0.2, 0) is 9.53 Å². The zero-order valence-corrected chi connectivity index (χ0v) is 12.8. The van der Waals surface area contributed by atoms with Crippen LogP contribution in [0.25, 0.3) is 0 Å². The van der Waals surface area contributed by atoms with Crippen LogP contribution in [0, 0.1) is 5.82 Å². The van der Waals surface area contributed by atoms with E-state index in [9.17, 15) is 9.18 Å². The fourth-order valence-corrected chi connectivity index (χ4v) is 2.03. The lowest BCUT2D eigenvalue weighted by Gasteiger charge is -2.29. The van der Waals surface area contributed by atoms with Gasteiger partial charge in [0.15, 0.2) is 0 Å². The van der Waals surface area contributed by atoms with Crippen molar-refractivity contribution in [3.8, 4) is 0 Å². The molecule has 1 amide bonds. The minimum Gasteiger partial charge on any atom is -0.396 e. The third kappa shape index (κ3) is 5.97. The van der Waals surface area contributed by atoms with Gasteiger partial charge in [0.1, 0.15) is 5.82 Å². The van der Waals surface area contributed by atoms with Crippen LogP contribution in [0.5, 0.6) is 0 Å². The third-order valence-corrected chi connectivity index (χ3v) is 3.24. The van der Waals surface area contributed by atoms with E-state index in [2.05, 4.69) is 10.6 Å². The number of methoxy groups -OCH3 is 1. The monoisotopic (exact) mass is 318 g/mol. The second-order valence-electron chi connectivity index (χ2n) is 4.99. The molecule has 0 heterocycles. The van der Waals surface area contributed by atoms with Crippen molar-refractivity contribution in [2.45, 2.75) is 18.9 Å². The van der Waals surface area contributed by atoms with Gasteiger partial charge in [0.25, 0.3) is 0 Å². The van der Waals surface area contributed by atoms with Gasteiger partial charge in [-0.3, -0.25) is 4.79 Å². The van der Waals surface area contributed by atoms with Crippen molar-refractivity contribution >= 4 is 23.2 Å². The average molecular weight is 319 g/mol. The summed E-state index contributed by atoms with van der Waals surface area (Å²) in [7, 11) is 1.54. The number of hydrogen-bond donors (Lipinski definition) is 3. The summed E-state index contributed by atoms with van der Waals surface area (Å²) in [6.07, 6.45) is 0.430. The number of aliphatic hydroxyl groups excluding tert-OH is 1. The average Bonchev–Trinajstić information content (AvgIpc) is 2.41. The van der Waals surface area contributed by atoms with Gasteiger partial charge < -0.3 is 20.5 Å². The van der Waals surface area contributed by atoms with Crippen LogP contribution in [0.15, 0.2) is 18.2 Å². The smallest absolute Gasteiger partial charge is 0.238 e. The summed E-state index contributed by atoms with van der Waals surface area (Å²) in [5.41, 5.74) is -0.502. The Morgan fingerprint density at radius 3 is 2.86 bits per heavy atom. The van der Waals surface area contributed by atoms with Crippen LogP contribution in [0.4, 0.5) is 10.1 Å². The van der Waals surface area contributed by atoms with E-state index >= 15 is 0 Å². The van der Waals surface area contributed by atoms with Crippen LogP contribution in [-0.4, -0.2) is 43.4 Å². The van der Waals surface area contributed by atoms with E-state index in [1.807, 2.05) is 6.92 Å². The van der Waals surface area contributed by atoms with Gasteiger partial charge >= 0.3 is 0 Å². The predicted molar refractivity (Wildman–Crippen MR) is 80.0 cm³/mol. The van der Waals surface area contributed by atoms with E-state index < -0.39 is 17.3 Å². The number of hydrogen-bond acceptors (Lipinski definition) is 4. The summed E-state index contributed by atoms with van der Waals surface area (Å²) in [4.78, 5) is 11.8. The first-order valence-corrected chi connectivity index (χ1v) is 6.88. The molecule has 1 atom stereocenters. The van der Waals surface area contributed by atoms with Gasteiger partial charge in [-0.25, -0.2) is 4.39 Å². The lowest BCUT2D eigenvalue weighted by atomic mass is 9.99. The molecular weight excluding hydrogens is 299 g/mol. The Kier molecular flexibility index (Phi) is 7.04. The van der Waals surface area contributed by atoms with Gasteiger partial charge in [-0.05, 0) is 31.5 Å². The Bertz CT molecular complexity index is 479. The minimum absolute atomic E-state index is 0.0304. The maximum atomic E-state index is 13.5. The Balaban J connectivity index is 2.58. The molecule has 0 bridgehead atoms. The molecule has 0 spiro atoms. The van der Waals surface area contributed by atoms with Crippen molar-refractivity contribution in [2.75, 3.05) is 32.2 Å². The molecule has 1 rings (SSSR count). The molecule has 0 aliphatic rings. The highest BCUT2D eigenvalue weighted by atomic mass is 35.5. The van der Waals surface area contributed by atoms with Gasteiger partial charge in [-0.2, -0.15) is 0 Å². The first kappa shape index (κ1) is 17.8. The number of benzene rings is 1. The summed E-state index contributed by atoms with van der Waals surface area (Å²) < 4.78 is 18.6. The minimum atomic E-state index is -0.553.